The van der Waals surface area contributed by atoms with E-state index in [0.29, 0.717) is 18.2 Å². The molecule has 3 N–H and O–H groups in total. The van der Waals surface area contributed by atoms with Crippen molar-refractivity contribution in [2.45, 2.75) is 90.5 Å². The summed E-state index contributed by atoms with van der Waals surface area (Å²) in [6, 6.07) is 6.04. The van der Waals surface area contributed by atoms with Crippen LogP contribution in [0.15, 0.2) is 30.5 Å². The molecule has 0 bridgehead atoms. The van der Waals surface area contributed by atoms with Crippen molar-refractivity contribution in [3.63, 3.8) is 0 Å². The lowest BCUT2D eigenvalue weighted by atomic mass is 9.67. The van der Waals surface area contributed by atoms with Gasteiger partial charge < -0.3 is 20.5 Å². The van der Waals surface area contributed by atoms with E-state index in [1.165, 1.54) is 19.1 Å². The number of carbonyl (C=O) groups is 1. The molecule has 0 radical (unpaired) electrons. The third kappa shape index (κ3) is 7.01. The second kappa shape index (κ2) is 10.9. The van der Waals surface area contributed by atoms with Gasteiger partial charge in [-0.1, -0.05) is 45.4 Å². The lowest BCUT2D eigenvalue weighted by molar-refractivity contribution is -0.120. The highest BCUT2D eigenvalue weighted by molar-refractivity contribution is 6.30. The number of pyridine rings is 1. The van der Waals surface area contributed by atoms with E-state index >= 15 is 0 Å². The largest absolute Gasteiger partial charge is 0.471 e. The summed E-state index contributed by atoms with van der Waals surface area (Å²) >= 11 is 5.95. The maximum atomic E-state index is 13.6. The summed E-state index contributed by atoms with van der Waals surface area (Å²) in [6.07, 6.45) is 5.03. The second-order valence-corrected chi connectivity index (χ2v) is 12.7. The van der Waals surface area contributed by atoms with E-state index in [1.807, 2.05) is 6.20 Å². The number of carbonyl (C=O) groups excluding carboxylic acids is 1. The number of fused-ring (bicyclic) bond motifs is 1. The monoisotopic (exact) mass is 531 g/mol. The smallest absolute Gasteiger partial charge is 0.218 e. The molecule has 1 saturated carbocycles. The highest BCUT2D eigenvalue weighted by atomic mass is 35.5. The molecule has 202 valence electrons. The topological polar surface area (TPSA) is 83.5 Å². The average Bonchev–Trinajstić information content (AvgIpc) is 2.77. The summed E-state index contributed by atoms with van der Waals surface area (Å²) in [7, 11) is 0. The molecule has 1 spiro atoms. The second-order valence-electron chi connectivity index (χ2n) is 12.3. The predicted molar refractivity (Wildman–Crippen MR) is 143 cm³/mol. The Bertz CT molecular complexity index is 1130. The summed E-state index contributed by atoms with van der Waals surface area (Å²) in [4.78, 5) is 16.6. The van der Waals surface area contributed by atoms with Crippen LogP contribution in [0, 0.1) is 17.2 Å². The summed E-state index contributed by atoms with van der Waals surface area (Å²) in [5.41, 5.74) is 2.81. The van der Waals surface area contributed by atoms with E-state index in [9.17, 15) is 14.3 Å². The Hall–Kier alpha value is -2.22. The molecule has 1 aromatic carbocycles. The van der Waals surface area contributed by atoms with Gasteiger partial charge in [-0.05, 0) is 66.3 Å². The normalized spacial score (nSPS) is 24.5. The number of nitrogens with one attached hydrogen (secondary N) is 2. The van der Waals surface area contributed by atoms with Crippen LogP contribution in [0.2, 0.25) is 5.02 Å². The first-order valence-corrected chi connectivity index (χ1v) is 13.5. The van der Waals surface area contributed by atoms with Gasteiger partial charge in [0.1, 0.15) is 11.4 Å². The SMILES string of the molecule is CC(=O)N[C@@H](Cc1ccc(F)c(Cl)c1)[C@H](O)CN[C@H]1CC2(CC(C)C2)Oc2ncc(CC(C)(C)C)cc21. The molecule has 1 aromatic heterocycles. The minimum atomic E-state index is -0.874. The minimum Gasteiger partial charge on any atom is -0.471 e. The molecule has 37 heavy (non-hydrogen) atoms. The molecule has 1 aliphatic heterocycles. The van der Waals surface area contributed by atoms with Gasteiger partial charge in [0.2, 0.25) is 11.8 Å². The van der Waals surface area contributed by atoms with Gasteiger partial charge in [-0.25, -0.2) is 9.37 Å². The van der Waals surface area contributed by atoms with Gasteiger partial charge in [0.15, 0.2) is 0 Å². The maximum Gasteiger partial charge on any atom is 0.218 e. The number of benzene rings is 1. The molecular formula is C29H39ClFN3O3. The number of rotatable bonds is 8. The quantitative estimate of drug-likeness (QED) is 0.438. The first-order chi connectivity index (χ1) is 17.3. The highest BCUT2D eigenvalue weighted by Gasteiger charge is 2.49. The van der Waals surface area contributed by atoms with Gasteiger partial charge in [-0.3, -0.25) is 4.79 Å². The molecule has 1 amide bonds. The fourth-order valence-corrected chi connectivity index (χ4v) is 6.00. The first kappa shape index (κ1) is 27.8. The van der Waals surface area contributed by atoms with Gasteiger partial charge in [-0.2, -0.15) is 0 Å². The van der Waals surface area contributed by atoms with Gasteiger partial charge >= 0.3 is 0 Å². The molecule has 0 unspecified atom stereocenters. The van der Waals surface area contributed by atoms with E-state index in [0.717, 1.165) is 42.4 Å². The van der Waals surface area contributed by atoms with Gasteiger partial charge in [0.25, 0.3) is 0 Å². The van der Waals surface area contributed by atoms with Crippen LogP contribution < -0.4 is 15.4 Å². The minimum absolute atomic E-state index is 0.0177. The van der Waals surface area contributed by atoms with Crippen LogP contribution in [0.5, 0.6) is 5.88 Å². The van der Waals surface area contributed by atoms with E-state index in [2.05, 4.69) is 44.4 Å². The maximum absolute atomic E-state index is 13.6. The van der Waals surface area contributed by atoms with Gasteiger partial charge in [0, 0.05) is 37.7 Å². The van der Waals surface area contributed by atoms with Crippen molar-refractivity contribution in [3.8, 4) is 5.88 Å². The van der Waals surface area contributed by atoms with Crippen LogP contribution in [0.1, 0.15) is 76.6 Å². The highest BCUT2D eigenvalue weighted by Crippen LogP contribution is 2.50. The average molecular weight is 532 g/mol. The number of aliphatic hydroxyl groups excluding tert-OH is 1. The van der Waals surface area contributed by atoms with Gasteiger partial charge in [-0.15, -0.1) is 0 Å². The molecular weight excluding hydrogens is 493 g/mol. The van der Waals surface area contributed by atoms with Crippen LogP contribution in [0.3, 0.4) is 0 Å². The van der Waals surface area contributed by atoms with E-state index in [-0.39, 0.29) is 34.5 Å². The van der Waals surface area contributed by atoms with E-state index in [4.69, 9.17) is 21.3 Å². The number of nitrogens with zero attached hydrogens (tertiary/aromatic N) is 1. The van der Waals surface area contributed by atoms with Crippen molar-refractivity contribution >= 4 is 17.5 Å². The van der Waals surface area contributed by atoms with Gasteiger partial charge in [0.05, 0.1) is 17.2 Å². The van der Waals surface area contributed by atoms with Crippen LogP contribution in [0.4, 0.5) is 4.39 Å². The Kier molecular flexibility index (Phi) is 8.17. The fraction of sp³-hybridized carbons (Fsp3) is 0.586. The molecule has 2 heterocycles. The molecule has 3 atom stereocenters. The van der Waals surface area contributed by atoms with Crippen molar-refractivity contribution in [1.82, 2.24) is 15.6 Å². The van der Waals surface area contributed by atoms with Crippen molar-refractivity contribution in [2.75, 3.05) is 6.54 Å². The fourth-order valence-electron chi connectivity index (χ4n) is 5.80. The Balaban J connectivity index is 1.51. The number of ether oxygens (including phenoxy) is 1. The summed E-state index contributed by atoms with van der Waals surface area (Å²) in [5, 5.41) is 17.6. The number of aromatic nitrogens is 1. The molecule has 2 aliphatic rings. The summed E-state index contributed by atoms with van der Waals surface area (Å²) in [6.45, 7) is 10.5. The Morgan fingerprint density at radius 1 is 1.27 bits per heavy atom. The third-order valence-electron chi connectivity index (χ3n) is 7.24. The van der Waals surface area contributed by atoms with Crippen molar-refractivity contribution < 1.29 is 19.0 Å². The van der Waals surface area contributed by atoms with Crippen LogP contribution in [-0.4, -0.2) is 40.3 Å². The number of aliphatic hydroxyl groups is 1. The molecule has 1 aliphatic carbocycles. The summed E-state index contributed by atoms with van der Waals surface area (Å²) in [5.74, 6) is 0.537. The van der Waals surface area contributed by atoms with Crippen molar-refractivity contribution in [1.29, 1.82) is 0 Å². The Morgan fingerprint density at radius 3 is 2.62 bits per heavy atom. The molecule has 4 rings (SSSR count). The zero-order valence-electron chi connectivity index (χ0n) is 22.4. The Labute approximate surface area is 224 Å². The standard InChI is InChI=1S/C29H39ClFN3O3/c1-17-11-29(12-17)14-25(21-8-20(13-28(3,4)5)15-33-27(21)37-29)32-16-26(36)24(34-18(2)35)10-19-6-7-23(31)22(30)9-19/h6-9,15,17,24-26,32,36H,10-14,16H2,1-5H3,(H,34,35)/t17?,24-,25-,26+,29?/m0/s1. The van der Waals surface area contributed by atoms with E-state index < -0.39 is 18.0 Å². The number of amides is 1. The predicted octanol–water partition coefficient (Wildman–Crippen LogP) is 5.15. The molecule has 1 fully saturated rings. The first-order valence-electron chi connectivity index (χ1n) is 13.1. The molecule has 6 nitrogen and oxygen atoms in total. The zero-order chi connectivity index (χ0) is 27.0. The van der Waals surface area contributed by atoms with Crippen LogP contribution >= 0.6 is 11.6 Å². The summed E-state index contributed by atoms with van der Waals surface area (Å²) < 4.78 is 20.1. The molecule has 2 aromatic rings. The zero-order valence-corrected chi connectivity index (χ0v) is 23.2. The number of hydrogen-bond donors (Lipinski definition) is 3. The number of hydrogen-bond acceptors (Lipinski definition) is 5. The van der Waals surface area contributed by atoms with E-state index in [1.54, 1.807) is 6.07 Å². The lowest BCUT2D eigenvalue weighted by Crippen LogP contribution is -2.54. The third-order valence-corrected chi connectivity index (χ3v) is 7.53. The van der Waals surface area contributed by atoms with Crippen LogP contribution in [-0.2, 0) is 17.6 Å². The van der Waals surface area contributed by atoms with Crippen molar-refractivity contribution in [3.05, 3.63) is 58.0 Å². The van der Waals surface area contributed by atoms with Crippen molar-refractivity contribution in [2.24, 2.45) is 11.3 Å². The lowest BCUT2D eigenvalue weighted by Gasteiger charge is -2.50. The number of halogens is 2. The van der Waals surface area contributed by atoms with Crippen LogP contribution in [0.25, 0.3) is 0 Å². The molecule has 0 saturated heterocycles. The molecule has 8 heteroatoms. The Morgan fingerprint density at radius 2 is 2.00 bits per heavy atom.